The van der Waals surface area contributed by atoms with Gasteiger partial charge in [0.15, 0.2) is 82.7 Å². The molecule has 0 spiro atoms. The van der Waals surface area contributed by atoms with Crippen LogP contribution in [0.2, 0.25) is 0 Å². The van der Waals surface area contributed by atoms with Crippen molar-refractivity contribution in [3.8, 4) is 0 Å². The van der Waals surface area contributed by atoms with Gasteiger partial charge in [-0.25, -0.2) is 43.8 Å². The van der Waals surface area contributed by atoms with Crippen LogP contribution >= 0.6 is 52.6 Å². The maximum Gasteiger partial charge on any atom is 0.386 e. The number of ether oxygens (including phenoxy) is 6. The van der Waals surface area contributed by atoms with E-state index in [1.165, 1.54) is 68.2 Å². The maximum atomic E-state index is 16.0. The van der Waals surface area contributed by atoms with Gasteiger partial charge in [0, 0.05) is 66.0 Å². The van der Waals surface area contributed by atoms with E-state index in [-0.39, 0.29) is 83.0 Å². The first-order chi connectivity index (χ1) is 63.1. The molecule has 21 heterocycles. The zero-order valence-corrected chi connectivity index (χ0v) is 77.5. The molecule has 10 unspecified atom stereocenters. The number of halogens is 1. The van der Waals surface area contributed by atoms with Crippen molar-refractivity contribution in [3.05, 3.63) is 118 Å². The van der Waals surface area contributed by atoms with E-state index in [9.17, 15) is 58.7 Å². The van der Waals surface area contributed by atoms with Crippen molar-refractivity contribution in [2.45, 2.75) is 148 Å². The molecular formula is C65H76FN25O30P6S6. The van der Waals surface area contributed by atoms with Crippen LogP contribution in [0.4, 0.5) is 39.3 Å². The zero-order valence-electron chi connectivity index (χ0n) is 67.2. The number of hydrogen-bond acceptors (Lipinski definition) is 46. The summed E-state index contributed by atoms with van der Waals surface area (Å²) in [4.78, 5) is 141. The summed E-state index contributed by atoms with van der Waals surface area (Å²) in [5.74, 6) is -0.516. The van der Waals surface area contributed by atoms with Crippen LogP contribution in [-0.2, 0) is 146 Å². The number of nitrogens with zero attached hydrogens (tertiary/aromatic N) is 16. The van der Waals surface area contributed by atoms with E-state index in [4.69, 9.17) is 176 Å². The minimum absolute atomic E-state index is 0.000451. The lowest BCUT2D eigenvalue weighted by atomic mass is 10.1. The molecule has 9 saturated heterocycles. The molecule has 0 saturated carbocycles. The molecule has 23 N–H and O–H groups in total. The van der Waals surface area contributed by atoms with Gasteiger partial charge in [-0.1, -0.05) is 12.2 Å². The summed E-state index contributed by atoms with van der Waals surface area (Å²) >= 11 is 30.5. The number of alkyl halides is 1. The Labute approximate surface area is 771 Å². The molecule has 12 aromatic heterocycles. The molecule has 9 aliphatic heterocycles. The van der Waals surface area contributed by atoms with E-state index in [0.717, 1.165) is 0 Å². The second-order valence-corrected chi connectivity index (χ2v) is 47.7. The second kappa shape index (κ2) is 36.4. The number of H-pyrrole nitrogens is 3. The average Bonchev–Trinajstić information content (AvgIpc) is 1.66. The molecule has 133 heavy (non-hydrogen) atoms. The fourth-order valence-corrected chi connectivity index (χ4v) is 25.1. The Balaban J connectivity index is 0.000000129. The van der Waals surface area contributed by atoms with Crippen LogP contribution in [0.15, 0.2) is 101 Å². The van der Waals surface area contributed by atoms with Gasteiger partial charge in [0.25, 0.3) is 16.7 Å². The molecule has 9 aliphatic rings. The number of pyridine rings is 3. The number of fused-ring (bicyclic) bond motifs is 15. The predicted molar refractivity (Wildman–Crippen MR) is 478 cm³/mol. The number of anilines is 6. The van der Waals surface area contributed by atoms with Gasteiger partial charge in [-0.2, -0.15) is 15.0 Å². The number of nitrogens with one attached hydrogen (secondary N) is 3. The van der Waals surface area contributed by atoms with E-state index < -0.39 is 219 Å². The van der Waals surface area contributed by atoms with Gasteiger partial charge in [0.05, 0.1) is 82.8 Å². The lowest BCUT2D eigenvalue weighted by Crippen LogP contribution is -2.36. The number of imidazole rings is 4. The first-order valence-electron chi connectivity index (χ1n) is 39.3. The summed E-state index contributed by atoms with van der Waals surface area (Å²) < 4.78 is 142. The summed E-state index contributed by atoms with van der Waals surface area (Å²) in [7, 11) is 0. The number of aromatic amines is 3. The van der Waals surface area contributed by atoms with Crippen molar-refractivity contribution in [1.29, 1.82) is 0 Å². The first-order valence-corrected chi connectivity index (χ1v) is 55.0. The van der Waals surface area contributed by atoms with Crippen molar-refractivity contribution in [2.75, 3.05) is 74.0 Å². The summed E-state index contributed by atoms with van der Waals surface area (Å²) in [5, 5.41) is 35.0. The van der Waals surface area contributed by atoms with Crippen LogP contribution in [0, 0.1) is 0 Å². The number of aromatic nitrogens is 19. The molecule has 0 amide bonds. The number of nitrogen functional groups attached to an aromatic ring is 6. The minimum atomic E-state index is -4.39. The Bertz CT molecular complexity index is 6780. The quantitative estimate of drug-likeness (QED) is 0.0798. The van der Waals surface area contributed by atoms with E-state index in [2.05, 4.69) is 77.0 Å². The number of aliphatic hydroxyl groups is 3. The Kier molecular flexibility index (Phi) is 25.9. The third-order valence-electron chi connectivity index (χ3n) is 22.3. The molecule has 0 aromatic carbocycles. The lowest BCUT2D eigenvalue weighted by molar-refractivity contribution is -0.0603. The predicted octanol–water partition coefficient (Wildman–Crippen LogP) is 0.556. The van der Waals surface area contributed by atoms with Crippen molar-refractivity contribution in [1.82, 2.24) is 92.2 Å². The largest absolute Gasteiger partial charge is 0.398 e. The average molecular weight is 2080 g/mol. The molecular weight excluding hydrogens is 2010 g/mol. The Morgan fingerprint density at radius 3 is 1.17 bits per heavy atom. The summed E-state index contributed by atoms with van der Waals surface area (Å²) in [6, 6.07) is 8.24. The van der Waals surface area contributed by atoms with Crippen LogP contribution in [0.1, 0.15) is 50.2 Å². The molecule has 714 valence electrons. The van der Waals surface area contributed by atoms with E-state index >= 15 is 4.39 Å². The highest BCUT2D eigenvalue weighted by Crippen LogP contribution is 2.61. The molecule has 9 fully saturated rings. The number of aliphatic hydroxyl groups excluding tert-OH is 3. The normalized spacial score (nSPS) is 36.9. The van der Waals surface area contributed by atoms with Crippen LogP contribution in [0.3, 0.4) is 0 Å². The van der Waals surface area contributed by atoms with E-state index in [1.54, 1.807) is 45.8 Å². The molecule has 68 heteroatoms. The van der Waals surface area contributed by atoms with Gasteiger partial charge in [-0.15, -0.1) is 0 Å². The Morgan fingerprint density at radius 1 is 0.376 bits per heavy atom. The van der Waals surface area contributed by atoms with Crippen molar-refractivity contribution >= 4 is 213 Å². The molecule has 6 bridgehead atoms. The van der Waals surface area contributed by atoms with Crippen molar-refractivity contribution < 1.29 is 131 Å². The highest BCUT2D eigenvalue weighted by molar-refractivity contribution is 8.44. The lowest BCUT2D eigenvalue weighted by Gasteiger charge is -2.28. The molecule has 0 radical (unpaired) electrons. The van der Waals surface area contributed by atoms with Gasteiger partial charge in [-0.05, 0) is 89.4 Å². The first kappa shape index (κ1) is 94.5. The van der Waals surface area contributed by atoms with Crippen molar-refractivity contribution in [3.63, 3.8) is 0 Å². The third kappa shape index (κ3) is 18.9. The fraction of sp³-hybridized carbons (Fsp3) is 0.462. The second-order valence-electron chi connectivity index (χ2n) is 30.9. The van der Waals surface area contributed by atoms with Gasteiger partial charge in [0.1, 0.15) is 96.2 Å². The summed E-state index contributed by atoms with van der Waals surface area (Å²) in [6.07, 6.45) is -14.1. The van der Waals surface area contributed by atoms with Crippen LogP contribution in [-0.4, -0.2) is 269 Å². The summed E-state index contributed by atoms with van der Waals surface area (Å²) in [5.41, 5.74) is 36.2. The molecule has 21 rings (SSSR count). The Hall–Kier alpha value is -7.43. The highest BCUT2D eigenvalue weighted by Gasteiger charge is 2.57. The monoisotopic (exact) mass is 2080 g/mol. The van der Waals surface area contributed by atoms with Crippen LogP contribution < -0.4 is 51.1 Å². The number of nitrogens with two attached hydrogens (primary N) is 6. The maximum absolute atomic E-state index is 16.0. The summed E-state index contributed by atoms with van der Waals surface area (Å²) in [6.45, 7) is -27.3. The standard InChI is InChI=1S/2C22H26N8O10P2S2.C21H24FN9O10P2S2/c2*23-11-1-3-25-17-10(11)2-4-29(17)21-15(31)16-13(38-21)7-36-41(33,43)39-12-5-9(6-35-42(34,44)40-16)37-20(12)30-8-26-14-18(30)27-22(24)28-19(14)32;22-10-14-9(39-19(10)30-5-26-11-7(23)1-2-25-16(11)30)4-37-43(35,45)41-15-13(32)8(3-36-42(34,44)40-14)38-20(15)31-6-27-12-17(31)28-21(24)29-18(12)33/h2*1-4,8-9,12-13,15-16,20-21,31H,5-7H2,(H2,23,25)(H,33,43)(H,34,44)(H3,24,27,28,32);1-2,5-6,8-10,13-15,19-20,32H,3-4H2,(H2,23,25)(H,34,44)(H,35,45)(H3,24,28,29,33)/t2*9?,12-,13-,15-,16-,20-,21-,41?,42?;8-,9-,10+,13?,14?,15+,19-,20-,42?,43?/m111/s1. The van der Waals surface area contributed by atoms with Gasteiger partial charge in [0.2, 0.25) is 17.8 Å². The van der Waals surface area contributed by atoms with E-state index in [1.807, 2.05) is 0 Å². The topological polar surface area (TPSA) is 758 Å². The van der Waals surface area contributed by atoms with Gasteiger partial charge < -0.3 is 143 Å². The van der Waals surface area contributed by atoms with Crippen LogP contribution in [0.25, 0.3) is 66.7 Å². The third-order valence-corrected chi connectivity index (χ3v) is 31.8. The number of thiol groups is 1. The fourth-order valence-electron chi connectivity index (χ4n) is 16.4. The SMILES string of the molecule is Nc1nc2c(ncn2[C@@H]2OC3COP(O)(=S)O[C@H]4[C@@H](O)[C@H](n5ccc6c(N)ccnc65)O[C@@H]4COP(O)(=S)O[C@@H]2C3)c(=O)[nH]1.Nc1nc2c(ncn2[C@@H]2OC3COP(O)(=S)O[C@H]4[C@@H](O)[C@H](n5ccc6c(N)ccnc65)O[C@@H]4COP(O)(=S)O[C@@H]2C3)c(=O)[nH]1.Nc1nc2c(ncn2[C@@H]2O[C@@H]3COP(=O)(S)OC4[C@@H](COP(O)(=S)O[C@H]2C3O)O[C@@H](n2cnc3c(N)ccnc32)[C@H]4F)c(=O)[nH]1. The van der Waals surface area contributed by atoms with Crippen LogP contribution in [0.5, 0.6) is 0 Å². The van der Waals surface area contributed by atoms with Crippen molar-refractivity contribution in [2.24, 2.45) is 0 Å². The van der Waals surface area contributed by atoms with Gasteiger partial charge in [-0.3, -0.25) is 70.2 Å². The zero-order chi connectivity index (χ0) is 93.8. The van der Waals surface area contributed by atoms with E-state index in [0.29, 0.717) is 44.6 Å². The molecule has 55 nitrogen and oxygen atoms in total. The molecule has 12 aromatic rings. The van der Waals surface area contributed by atoms with Gasteiger partial charge >= 0.3 is 40.4 Å². The molecule has 0 aliphatic carbocycles. The highest BCUT2D eigenvalue weighted by atomic mass is 32.7. The number of hydrogen-bond donors (Lipinski definition) is 18. The Morgan fingerprint density at radius 2 is 0.729 bits per heavy atom. The number of rotatable bonds is 6. The smallest absolute Gasteiger partial charge is 0.386 e. The minimum Gasteiger partial charge on any atom is -0.398 e. The molecule has 28 atom stereocenters.